The Bertz CT molecular complexity index is 558. The third-order valence-corrected chi connectivity index (χ3v) is 4.23. The van der Waals surface area contributed by atoms with Gasteiger partial charge in [-0.2, -0.15) is 11.3 Å². The van der Waals surface area contributed by atoms with E-state index in [2.05, 4.69) is 61.7 Å². The second-order valence-corrected chi connectivity index (χ2v) is 7.14. The second-order valence-electron chi connectivity index (χ2n) is 6.09. The minimum absolute atomic E-state index is 0.0278. The molecule has 0 aliphatic carbocycles. The van der Waals surface area contributed by atoms with Gasteiger partial charge in [-0.25, -0.2) is 4.98 Å². The SMILES string of the molecule is CN(Cc1ccsc1)c1cc(CCl)cc(C(C)(C)C)n1. The van der Waals surface area contributed by atoms with E-state index in [1.807, 2.05) is 0 Å². The first-order valence-corrected chi connectivity index (χ1v) is 8.17. The molecule has 4 heteroatoms. The summed E-state index contributed by atoms with van der Waals surface area (Å²) in [5.74, 6) is 1.50. The molecule has 0 saturated carbocycles. The highest BCUT2D eigenvalue weighted by Gasteiger charge is 2.18. The van der Waals surface area contributed by atoms with Crippen molar-refractivity contribution in [2.75, 3.05) is 11.9 Å². The van der Waals surface area contributed by atoms with Gasteiger partial charge in [0.25, 0.3) is 0 Å². The zero-order valence-electron chi connectivity index (χ0n) is 12.5. The van der Waals surface area contributed by atoms with E-state index in [9.17, 15) is 0 Å². The topological polar surface area (TPSA) is 16.1 Å². The number of thiophene rings is 1. The monoisotopic (exact) mass is 308 g/mol. The van der Waals surface area contributed by atoms with Gasteiger partial charge in [-0.3, -0.25) is 0 Å². The van der Waals surface area contributed by atoms with Crippen LogP contribution in [0.4, 0.5) is 5.82 Å². The molecule has 2 aromatic rings. The van der Waals surface area contributed by atoms with E-state index in [0.717, 1.165) is 23.6 Å². The lowest BCUT2D eigenvalue weighted by Gasteiger charge is -2.24. The van der Waals surface area contributed by atoms with E-state index < -0.39 is 0 Å². The van der Waals surface area contributed by atoms with E-state index >= 15 is 0 Å². The zero-order valence-corrected chi connectivity index (χ0v) is 14.1. The summed E-state index contributed by atoms with van der Waals surface area (Å²) in [6, 6.07) is 6.33. The Morgan fingerprint density at radius 2 is 2.00 bits per heavy atom. The molecule has 20 heavy (non-hydrogen) atoms. The van der Waals surface area contributed by atoms with Crippen molar-refractivity contribution in [1.29, 1.82) is 0 Å². The molecule has 0 spiro atoms. The molecule has 0 atom stereocenters. The largest absolute Gasteiger partial charge is 0.355 e. The van der Waals surface area contributed by atoms with Gasteiger partial charge in [0, 0.05) is 30.6 Å². The summed E-state index contributed by atoms with van der Waals surface area (Å²) in [5, 5.41) is 4.28. The maximum atomic E-state index is 6.02. The maximum Gasteiger partial charge on any atom is 0.129 e. The van der Waals surface area contributed by atoms with Crippen LogP contribution in [0.3, 0.4) is 0 Å². The lowest BCUT2D eigenvalue weighted by Crippen LogP contribution is -2.21. The quantitative estimate of drug-likeness (QED) is 0.753. The first-order chi connectivity index (χ1) is 9.40. The minimum Gasteiger partial charge on any atom is -0.355 e. The number of aromatic nitrogens is 1. The van der Waals surface area contributed by atoms with Crippen LogP contribution in [0.15, 0.2) is 29.0 Å². The second kappa shape index (κ2) is 6.15. The first kappa shape index (κ1) is 15.3. The Morgan fingerprint density at radius 1 is 1.25 bits per heavy atom. The number of alkyl halides is 1. The predicted molar refractivity (Wildman–Crippen MR) is 88.9 cm³/mol. The Kier molecular flexibility index (Phi) is 4.71. The van der Waals surface area contributed by atoms with Gasteiger partial charge in [-0.05, 0) is 40.1 Å². The molecule has 0 saturated heterocycles. The van der Waals surface area contributed by atoms with Crippen LogP contribution in [0, 0.1) is 0 Å². The summed E-state index contributed by atoms with van der Waals surface area (Å²) in [6.45, 7) is 7.40. The normalized spacial score (nSPS) is 11.7. The summed E-state index contributed by atoms with van der Waals surface area (Å²) in [4.78, 5) is 6.98. The summed E-state index contributed by atoms with van der Waals surface area (Å²) in [7, 11) is 2.07. The van der Waals surface area contributed by atoms with Gasteiger partial charge in [0.05, 0.1) is 0 Å². The van der Waals surface area contributed by atoms with Gasteiger partial charge in [0.15, 0.2) is 0 Å². The van der Waals surface area contributed by atoms with Crippen LogP contribution >= 0.6 is 22.9 Å². The number of hydrogen-bond donors (Lipinski definition) is 0. The third-order valence-electron chi connectivity index (χ3n) is 3.19. The molecule has 0 bridgehead atoms. The van der Waals surface area contributed by atoms with Crippen molar-refractivity contribution in [3.8, 4) is 0 Å². The summed E-state index contributed by atoms with van der Waals surface area (Å²) in [6.07, 6.45) is 0. The van der Waals surface area contributed by atoms with Gasteiger partial charge >= 0.3 is 0 Å². The molecule has 0 aliphatic heterocycles. The zero-order chi connectivity index (χ0) is 14.8. The van der Waals surface area contributed by atoms with E-state index in [1.165, 1.54) is 5.56 Å². The molecular formula is C16H21ClN2S. The average Bonchev–Trinajstić information content (AvgIpc) is 2.90. The summed E-state index contributed by atoms with van der Waals surface area (Å²) < 4.78 is 0. The van der Waals surface area contributed by atoms with E-state index in [-0.39, 0.29) is 5.41 Å². The predicted octanol–water partition coefficient (Wildman–Crippen LogP) is 4.82. The fourth-order valence-corrected chi connectivity index (χ4v) is 2.78. The molecule has 2 nitrogen and oxygen atoms in total. The maximum absolute atomic E-state index is 6.02. The molecule has 0 aliphatic rings. The van der Waals surface area contributed by atoms with Crippen LogP contribution in [0.2, 0.25) is 0 Å². The summed E-state index contributed by atoms with van der Waals surface area (Å²) in [5.41, 5.74) is 3.55. The van der Waals surface area contributed by atoms with Gasteiger partial charge in [0.1, 0.15) is 5.82 Å². The molecule has 108 valence electrons. The van der Waals surface area contributed by atoms with Gasteiger partial charge in [-0.1, -0.05) is 20.8 Å². The standard InChI is InChI=1S/C16H21ClN2S/c1-16(2,3)14-7-13(9-17)8-15(18-14)19(4)10-12-5-6-20-11-12/h5-8,11H,9-10H2,1-4H3. The summed E-state index contributed by atoms with van der Waals surface area (Å²) >= 11 is 7.75. The van der Waals surface area contributed by atoms with E-state index in [1.54, 1.807) is 11.3 Å². The van der Waals surface area contributed by atoms with Gasteiger partial charge in [-0.15, -0.1) is 11.6 Å². The van der Waals surface area contributed by atoms with Crippen LogP contribution in [0.25, 0.3) is 0 Å². The number of nitrogens with zero attached hydrogens (tertiary/aromatic N) is 2. The van der Waals surface area contributed by atoms with Crippen molar-refractivity contribution >= 4 is 28.8 Å². The van der Waals surface area contributed by atoms with Crippen molar-refractivity contribution < 1.29 is 0 Å². The Balaban J connectivity index is 2.30. The molecule has 0 fully saturated rings. The van der Waals surface area contributed by atoms with Crippen LogP contribution in [-0.4, -0.2) is 12.0 Å². The van der Waals surface area contributed by atoms with Crippen molar-refractivity contribution in [2.45, 2.75) is 38.6 Å². The van der Waals surface area contributed by atoms with Gasteiger partial charge < -0.3 is 4.90 Å². The third kappa shape index (κ3) is 3.74. The molecule has 0 unspecified atom stereocenters. The molecule has 0 radical (unpaired) electrons. The number of rotatable bonds is 4. The number of anilines is 1. The highest BCUT2D eigenvalue weighted by atomic mass is 35.5. The Labute approximate surface area is 130 Å². The lowest BCUT2D eigenvalue weighted by molar-refractivity contribution is 0.567. The molecule has 2 heterocycles. The molecule has 2 aromatic heterocycles. The van der Waals surface area contributed by atoms with Crippen molar-refractivity contribution in [2.24, 2.45) is 0 Å². The van der Waals surface area contributed by atoms with Crippen LogP contribution in [-0.2, 0) is 17.8 Å². The van der Waals surface area contributed by atoms with Crippen LogP contribution < -0.4 is 4.90 Å². The first-order valence-electron chi connectivity index (χ1n) is 6.70. The van der Waals surface area contributed by atoms with E-state index in [4.69, 9.17) is 16.6 Å². The van der Waals surface area contributed by atoms with Crippen LogP contribution in [0.1, 0.15) is 37.6 Å². The van der Waals surface area contributed by atoms with Crippen molar-refractivity contribution in [3.63, 3.8) is 0 Å². The Hall–Kier alpha value is -1.06. The molecule has 0 aromatic carbocycles. The fourth-order valence-electron chi connectivity index (χ4n) is 1.97. The fraction of sp³-hybridized carbons (Fsp3) is 0.438. The number of hydrogen-bond acceptors (Lipinski definition) is 3. The number of pyridine rings is 1. The van der Waals surface area contributed by atoms with E-state index in [0.29, 0.717) is 5.88 Å². The highest BCUT2D eigenvalue weighted by Crippen LogP contribution is 2.26. The lowest BCUT2D eigenvalue weighted by atomic mass is 9.91. The van der Waals surface area contributed by atoms with Crippen molar-refractivity contribution in [1.82, 2.24) is 4.98 Å². The molecule has 0 amide bonds. The minimum atomic E-state index is 0.0278. The Morgan fingerprint density at radius 3 is 2.55 bits per heavy atom. The smallest absolute Gasteiger partial charge is 0.129 e. The molecule has 0 N–H and O–H groups in total. The highest BCUT2D eigenvalue weighted by molar-refractivity contribution is 7.07. The van der Waals surface area contributed by atoms with Crippen LogP contribution in [0.5, 0.6) is 0 Å². The average molecular weight is 309 g/mol. The van der Waals surface area contributed by atoms with Gasteiger partial charge in [0.2, 0.25) is 0 Å². The number of halogens is 1. The van der Waals surface area contributed by atoms with Crippen molar-refractivity contribution in [3.05, 3.63) is 45.8 Å². The molecule has 2 rings (SSSR count). The molecular weight excluding hydrogens is 288 g/mol.